The van der Waals surface area contributed by atoms with Crippen LogP contribution >= 0.6 is 0 Å². The Morgan fingerprint density at radius 1 is 1.09 bits per heavy atom. The molecule has 0 aliphatic rings. The number of rotatable bonds is 6. The van der Waals surface area contributed by atoms with E-state index in [0.29, 0.717) is 17.1 Å². The molecule has 4 aromatic rings. The molecule has 1 N–H and O–H groups in total. The van der Waals surface area contributed by atoms with Crippen LogP contribution in [0, 0.1) is 30.9 Å². The molecule has 1 aromatic heterocycles. The minimum atomic E-state index is -0.565. The molecule has 0 bridgehead atoms. The number of oxazole rings is 1. The Bertz CT molecular complexity index is 1390. The zero-order valence-electron chi connectivity index (χ0n) is 18.8. The molecule has 0 spiro atoms. The molecule has 0 radical (unpaired) electrons. The second-order valence-electron chi connectivity index (χ2n) is 7.81. The number of ether oxygens (including phenoxy) is 1. The lowest BCUT2D eigenvalue weighted by Crippen LogP contribution is -2.13. The maximum Gasteiger partial charge on any atom is 0.311 e. The van der Waals surface area contributed by atoms with Crippen molar-refractivity contribution in [2.24, 2.45) is 0 Å². The van der Waals surface area contributed by atoms with Crippen molar-refractivity contribution in [2.75, 3.05) is 11.9 Å². The van der Waals surface area contributed by atoms with Crippen LogP contribution in [0.4, 0.5) is 11.4 Å². The van der Waals surface area contributed by atoms with E-state index in [0.717, 1.165) is 27.8 Å². The van der Waals surface area contributed by atoms with Gasteiger partial charge in [-0.25, -0.2) is 4.98 Å². The highest BCUT2D eigenvalue weighted by molar-refractivity contribution is 6.05. The average Bonchev–Trinajstić information content (AvgIpc) is 3.20. The van der Waals surface area contributed by atoms with Crippen LogP contribution in [-0.2, 0) is 0 Å². The number of fused-ring (bicyclic) bond motifs is 1. The molecule has 0 unspecified atom stereocenters. The fraction of sp³-hybridized carbons (Fsp3) is 0.200. The average molecular weight is 445 g/mol. The minimum Gasteiger partial charge on any atom is -0.487 e. The van der Waals surface area contributed by atoms with E-state index in [1.54, 1.807) is 13.0 Å². The highest BCUT2D eigenvalue weighted by Crippen LogP contribution is 2.31. The predicted molar refractivity (Wildman–Crippen MR) is 126 cm³/mol. The number of carbonyl (C=O) groups excluding carboxylic acids is 1. The van der Waals surface area contributed by atoms with Crippen molar-refractivity contribution < 1.29 is 18.9 Å². The van der Waals surface area contributed by atoms with Crippen LogP contribution in [0.1, 0.15) is 34.0 Å². The molecule has 1 heterocycles. The number of carbonyl (C=O) groups is 1. The van der Waals surface area contributed by atoms with Crippen LogP contribution in [0.3, 0.4) is 0 Å². The molecule has 0 aliphatic carbocycles. The first-order valence-electron chi connectivity index (χ1n) is 10.5. The van der Waals surface area contributed by atoms with Gasteiger partial charge in [-0.05, 0) is 74.7 Å². The molecular formula is C25H23N3O5. The Kier molecular flexibility index (Phi) is 5.83. The number of aromatic nitrogens is 1. The van der Waals surface area contributed by atoms with Crippen LogP contribution < -0.4 is 10.1 Å². The van der Waals surface area contributed by atoms with E-state index in [9.17, 15) is 14.9 Å². The topological polar surface area (TPSA) is 108 Å². The Balaban J connectivity index is 1.65. The summed E-state index contributed by atoms with van der Waals surface area (Å²) in [6.45, 7) is 7.86. The van der Waals surface area contributed by atoms with Crippen molar-refractivity contribution in [2.45, 2.75) is 27.7 Å². The Labute approximate surface area is 190 Å². The molecule has 3 aromatic carbocycles. The van der Waals surface area contributed by atoms with Gasteiger partial charge in [0.1, 0.15) is 5.52 Å². The van der Waals surface area contributed by atoms with Gasteiger partial charge in [-0.15, -0.1) is 0 Å². The van der Waals surface area contributed by atoms with Gasteiger partial charge in [0.15, 0.2) is 11.3 Å². The third-order valence-electron chi connectivity index (χ3n) is 5.27. The number of anilines is 1. The largest absolute Gasteiger partial charge is 0.487 e. The summed E-state index contributed by atoms with van der Waals surface area (Å²) in [7, 11) is 0. The van der Waals surface area contributed by atoms with Crippen LogP contribution in [0.5, 0.6) is 5.75 Å². The van der Waals surface area contributed by atoms with Gasteiger partial charge in [0, 0.05) is 22.9 Å². The molecule has 33 heavy (non-hydrogen) atoms. The molecule has 4 rings (SSSR count). The zero-order chi connectivity index (χ0) is 23.7. The number of nitro benzene ring substituents is 1. The lowest BCUT2D eigenvalue weighted by Gasteiger charge is -2.11. The predicted octanol–water partition coefficient (Wildman–Crippen LogP) is 5.98. The molecule has 0 saturated carbocycles. The van der Waals surface area contributed by atoms with Crippen molar-refractivity contribution in [1.82, 2.24) is 4.98 Å². The number of hydrogen-bond donors (Lipinski definition) is 1. The van der Waals surface area contributed by atoms with Gasteiger partial charge >= 0.3 is 5.69 Å². The summed E-state index contributed by atoms with van der Waals surface area (Å²) in [5.41, 5.74) is 5.60. The number of amides is 1. The summed E-state index contributed by atoms with van der Waals surface area (Å²) < 4.78 is 11.3. The Hall–Kier alpha value is -4.20. The third-order valence-corrected chi connectivity index (χ3v) is 5.27. The van der Waals surface area contributed by atoms with Gasteiger partial charge < -0.3 is 14.5 Å². The van der Waals surface area contributed by atoms with E-state index >= 15 is 0 Å². The fourth-order valence-corrected chi connectivity index (χ4v) is 3.66. The van der Waals surface area contributed by atoms with Crippen molar-refractivity contribution in [3.63, 3.8) is 0 Å². The van der Waals surface area contributed by atoms with Crippen molar-refractivity contribution in [3.8, 4) is 17.2 Å². The van der Waals surface area contributed by atoms with Crippen molar-refractivity contribution >= 4 is 28.4 Å². The highest BCUT2D eigenvalue weighted by Gasteiger charge is 2.19. The standard InChI is InChI=1S/C25H23N3O5/c1-5-32-22-9-8-17(13-21(22)28(30)31)24(29)26-19-12-18(7-6-15(19)3)25-27-20-11-14(2)10-16(4)23(20)33-25/h6-13H,5H2,1-4H3,(H,26,29). The molecule has 168 valence electrons. The molecule has 0 atom stereocenters. The molecular weight excluding hydrogens is 422 g/mol. The van der Waals surface area contributed by atoms with Crippen LogP contribution in [0.2, 0.25) is 0 Å². The number of aryl methyl sites for hydroxylation is 3. The van der Waals surface area contributed by atoms with E-state index in [4.69, 9.17) is 9.15 Å². The molecule has 0 fully saturated rings. The van der Waals surface area contributed by atoms with Crippen LogP contribution in [0.15, 0.2) is 52.9 Å². The highest BCUT2D eigenvalue weighted by atomic mass is 16.6. The smallest absolute Gasteiger partial charge is 0.311 e. The number of nitrogens with zero attached hydrogens (tertiary/aromatic N) is 2. The first-order chi connectivity index (χ1) is 15.8. The zero-order valence-corrected chi connectivity index (χ0v) is 18.8. The molecule has 8 heteroatoms. The first kappa shape index (κ1) is 22.0. The van der Waals surface area contributed by atoms with Crippen LogP contribution in [0.25, 0.3) is 22.6 Å². The van der Waals surface area contributed by atoms with E-state index in [2.05, 4.69) is 10.3 Å². The van der Waals surface area contributed by atoms with E-state index in [-0.39, 0.29) is 23.6 Å². The van der Waals surface area contributed by atoms with E-state index < -0.39 is 10.8 Å². The molecule has 0 saturated heterocycles. The lowest BCUT2D eigenvalue weighted by atomic mass is 10.1. The molecule has 0 aliphatic heterocycles. The van der Waals surface area contributed by atoms with Gasteiger partial charge in [-0.3, -0.25) is 14.9 Å². The summed E-state index contributed by atoms with van der Waals surface area (Å²) in [5.74, 6) is 0.107. The fourth-order valence-electron chi connectivity index (χ4n) is 3.66. The monoisotopic (exact) mass is 445 g/mol. The minimum absolute atomic E-state index is 0.124. The van der Waals surface area contributed by atoms with Gasteiger partial charge in [-0.2, -0.15) is 0 Å². The number of nitro groups is 1. The SMILES string of the molecule is CCOc1ccc(C(=O)Nc2cc(-c3nc4cc(C)cc(C)c4o3)ccc2C)cc1[N+](=O)[O-]. The quantitative estimate of drug-likeness (QED) is 0.289. The second-order valence-corrected chi connectivity index (χ2v) is 7.81. The normalized spacial score (nSPS) is 10.9. The molecule has 1 amide bonds. The number of benzene rings is 3. The van der Waals surface area contributed by atoms with Crippen molar-refractivity contribution in [3.05, 3.63) is 80.9 Å². The van der Waals surface area contributed by atoms with Gasteiger partial charge in [0.25, 0.3) is 5.91 Å². The second kappa shape index (κ2) is 8.74. The van der Waals surface area contributed by atoms with Gasteiger partial charge in [-0.1, -0.05) is 12.1 Å². The summed E-state index contributed by atoms with van der Waals surface area (Å²) >= 11 is 0. The van der Waals surface area contributed by atoms with E-state index in [1.165, 1.54) is 18.2 Å². The van der Waals surface area contributed by atoms with Gasteiger partial charge in [0.05, 0.1) is 11.5 Å². The number of hydrogen-bond acceptors (Lipinski definition) is 6. The maximum atomic E-state index is 12.9. The van der Waals surface area contributed by atoms with Crippen molar-refractivity contribution in [1.29, 1.82) is 0 Å². The first-order valence-corrected chi connectivity index (χ1v) is 10.5. The lowest BCUT2D eigenvalue weighted by molar-refractivity contribution is -0.385. The summed E-state index contributed by atoms with van der Waals surface area (Å²) in [6, 6.07) is 13.7. The summed E-state index contributed by atoms with van der Waals surface area (Å²) in [4.78, 5) is 28.3. The Morgan fingerprint density at radius 3 is 2.61 bits per heavy atom. The van der Waals surface area contributed by atoms with Gasteiger partial charge in [0.2, 0.25) is 5.89 Å². The molecule has 8 nitrogen and oxygen atoms in total. The maximum absolute atomic E-state index is 12.9. The number of nitrogens with one attached hydrogen (secondary N) is 1. The summed E-state index contributed by atoms with van der Waals surface area (Å²) in [5, 5.41) is 14.2. The van der Waals surface area contributed by atoms with E-state index in [1.807, 2.05) is 45.0 Å². The Morgan fingerprint density at radius 2 is 1.88 bits per heavy atom. The third kappa shape index (κ3) is 4.41. The van der Waals surface area contributed by atoms with Crippen LogP contribution in [-0.4, -0.2) is 22.4 Å². The summed E-state index contributed by atoms with van der Waals surface area (Å²) in [6.07, 6.45) is 0.